The Hall–Kier alpha value is -3.22. The fraction of sp³-hybridized carbons (Fsp3) is 0.440. The lowest BCUT2D eigenvalue weighted by Gasteiger charge is -2.36. The van der Waals surface area contributed by atoms with E-state index in [9.17, 15) is 14.9 Å². The highest BCUT2D eigenvalue weighted by Crippen LogP contribution is 2.36. The molecule has 0 aliphatic heterocycles. The van der Waals surface area contributed by atoms with Gasteiger partial charge in [0.1, 0.15) is 18.5 Å². The SMILES string of the molecule is CC(C)[C@@H]1CC[C@@H](C)C[C@H]1OC(=O)Cn1c(-c2ccccc2[N+](=O)[O-])nc2ccccc21. The quantitative estimate of drug-likeness (QED) is 0.285. The minimum Gasteiger partial charge on any atom is -0.461 e. The summed E-state index contributed by atoms with van der Waals surface area (Å²) in [5.41, 5.74) is 1.76. The first-order valence-corrected chi connectivity index (χ1v) is 11.2. The summed E-state index contributed by atoms with van der Waals surface area (Å²) in [6.07, 6.45) is 2.99. The molecular formula is C25H29N3O4. The smallest absolute Gasteiger partial charge is 0.326 e. The van der Waals surface area contributed by atoms with Gasteiger partial charge < -0.3 is 9.30 Å². The Bertz CT molecular complexity index is 1140. The largest absolute Gasteiger partial charge is 0.461 e. The number of rotatable bonds is 6. The number of fused-ring (bicyclic) bond motifs is 1. The Labute approximate surface area is 187 Å². The lowest BCUT2D eigenvalue weighted by atomic mass is 9.75. The van der Waals surface area contributed by atoms with Gasteiger partial charge in [-0.15, -0.1) is 0 Å². The van der Waals surface area contributed by atoms with Crippen LogP contribution >= 0.6 is 0 Å². The van der Waals surface area contributed by atoms with Gasteiger partial charge in [-0.25, -0.2) is 4.98 Å². The molecule has 1 heterocycles. The summed E-state index contributed by atoms with van der Waals surface area (Å²) in [7, 11) is 0. The number of imidazole rings is 1. The summed E-state index contributed by atoms with van der Waals surface area (Å²) in [5.74, 6) is 1.38. The van der Waals surface area contributed by atoms with Gasteiger partial charge in [-0.05, 0) is 48.8 Å². The minimum atomic E-state index is -0.423. The second-order valence-electron chi connectivity index (χ2n) is 9.14. The Morgan fingerprint density at radius 2 is 1.91 bits per heavy atom. The molecule has 32 heavy (non-hydrogen) atoms. The van der Waals surface area contributed by atoms with E-state index in [2.05, 4.69) is 25.8 Å². The fourth-order valence-electron chi connectivity index (χ4n) is 4.85. The van der Waals surface area contributed by atoms with Crippen LogP contribution in [0.1, 0.15) is 40.0 Å². The Morgan fingerprint density at radius 1 is 1.19 bits per heavy atom. The van der Waals surface area contributed by atoms with Crippen molar-refractivity contribution in [2.24, 2.45) is 17.8 Å². The highest BCUT2D eigenvalue weighted by molar-refractivity contribution is 5.84. The first-order valence-electron chi connectivity index (χ1n) is 11.2. The third-order valence-electron chi connectivity index (χ3n) is 6.53. The molecule has 0 spiro atoms. The monoisotopic (exact) mass is 435 g/mol. The van der Waals surface area contributed by atoms with Gasteiger partial charge in [-0.1, -0.05) is 51.5 Å². The normalized spacial score (nSPS) is 21.1. The van der Waals surface area contributed by atoms with Gasteiger partial charge in [0.25, 0.3) is 5.69 Å². The maximum atomic E-state index is 13.1. The highest BCUT2D eigenvalue weighted by atomic mass is 16.6. The van der Waals surface area contributed by atoms with Crippen molar-refractivity contribution >= 4 is 22.7 Å². The van der Waals surface area contributed by atoms with Gasteiger partial charge in [0, 0.05) is 6.07 Å². The van der Waals surface area contributed by atoms with Crippen LogP contribution in [-0.4, -0.2) is 26.5 Å². The molecule has 1 fully saturated rings. The number of nitro groups is 1. The first-order chi connectivity index (χ1) is 15.3. The zero-order valence-corrected chi connectivity index (χ0v) is 18.7. The molecule has 3 aromatic rings. The summed E-state index contributed by atoms with van der Waals surface area (Å²) in [6, 6.07) is 13.9. The molecule has 1 aliphatic carbocycles. The molecule has 0 unspecified atom stereocenters. The van der Waals surface area contributed by atoms with E-state index in [0.717, 1.165) is 24.8 Å². The topological polar surface area (TPSA) is 87.3 Å². The van der Waals surface area contributed by atoms with E-state index in [1.807, 2.05) is 24.3 Å². The second-order valence-corrected chi connectivity index (χ2v) is 9.14. The molecule has 168 valence electrons. The van der Waals surface area contributed by atoms with E-state index in [0.29, 0.717) is 34.7 Å². The van der Waals surface area contributed by atoms with Gasteiger partial charge in [-0.2, -0.15) is 0 Å². The summed E-state index contributed by atoms with van der Waals surface area (Å²) >= 11 is 0. The average Bonchev–Trinajstić information content (AvgIpc) is 3.11. The third-order valence-corrected chi connectivity index (χ3v) is 6.53. The molecule has 0 radical (unpaired) electrons. The number of esters is 1. The Morgan fingerprint density at radius 3 is 2.66 bits per heavy atom. The van der Waals surface area contributed by atoms with Crippen molar-refractivity contribution in [3.63, 3.8) is 0 Å². The van der Waals surface area contributed by atoms with Crippen LogP contribution in [0.25, 0.3) is 22.4 Å². The lowest BCUT2D eigenvalue weighted by Crippen LogP contribution is -2.36. The lowest BCUT2D eigenvalue weighted by molar-refractivity contribution is -0.384. The van der Waals surface area contributed by atoms with Crippen LogP contribution in [0.5, 0.6) is 0 Å². The number of carbonyl (C=O) groups excluding carboxylic acids is 1. The molecule has 1 aliphatic rings. The second kappa shape index (κ2) is 9.10. The van der Waals surface area contributed by atoms with Gasteiger partial charge in [0.2, 0.25) is 0 Å². The molecule has 0 amide bonds. The van der Waals surface area contributed by atoms with Crippen LogP contribution in [0.15, 0.2) is 48.5 Å². The van der Waals surface area contributed by atoms with Crippen LogP contribution in [0.3, 0.4) is 0 Å². The molecule has 1 aromatic heterocycles. The standard InChI is InChI=1S/C25H29N3O4/c1-16(2)18-13-12-17(3)14-23(18)32-24(29)15-27-22-11-7-5-9-20(22)26-25(27)19-8-4-6-10-21(19)28(30)31/h4-11,16-18,23H,12-15H2,1-3H3/t17-,18+,23-/m1/s1. The average molecular weight is 436 g/mol. The van der Waals surface area contributed by atoms with Crippen molar-refractivity contribution in [2.45, 2.75) is 52.7 Å². The van der Waals surface area contributed by atoms with Crippen LogP contribution in [0.4, 0.5) is 5.69 Å². The minimum absolute atomic E-state index is 0.0431. The van der Waals surface area contributed by atoms with E-state index in [4.69, 9.17) is 4.74 Å². The predicted molar refractivity (Wildman–Crippen MR) is 123 cm³/mol. The number of hydrogen-bond acceptors (Lipinski definition) is 5. The number of hydrogen-bond donors (Lipinski definition) is 0. The van der Waals surface area contributed by atoms with Crippen molar-refractivity contribution in [2.75, 3.05) is 0 Å². The van der Waals surface area contributed by atoms with Crippen molar-refractivity contribution in [1.29, 1.82) is 0 Å². The number of benzene rings is 2. The number of nitrogens with zero attached hydrogens (tertiary/aromatic N) is 3. The zero-order chi connectivity index (χ0) is 22.8. The van der Waals surface area contributed by atoms with Crippen LogP contribution in [0, 0.1) is 27.9 Å². The van der Waals surface area contributed by atoms with Gasteiger partial charge >= 0.3 is 5.97 Å². The van der Waals surface area contributed by atoms with E-state index < -0.39 is 4.92 Å². The molecular weight excluding hydrogens is 406 g/mol. The highest BCUT2D eigenvalue weighted by Gasteiger charge is 2.33. The van der Waals surface area contributed by atoms with Crippen molar-refractivity contribution in [3.05, 3.63) is 58.6 Å². The van der Waals surface area contributed by atoms with Crippen molar-refractivity contribution in [3.8, 4) is 11.4 Å². The van der Waals surface area contributed by atoms with Crippen LogP contribution in [-0.2, 0) is 16.1 Å². The van der Waals surface area contributed by atoms with E-state index in [-0.39, 0.29) is 24.3 Å². The number of aromatic nitrogens is 2. The summed E-state index contributed by atoms with van der Waals surface area (Å²) in [4.78, 5) is 28.9. The maximum Gasteiger partial charge on any atom is 0.326 e. The molecule has 0 bridgehead atoms. The summed E-state index contributed by atoms with van der Waals surface area (Å²) in [5, 5.41) is 11.6. The number of carbonyl (C=O) groups is 1. The molecule has 4 rings (SSSR count). The number of para-hydroxylation sites is 3. The molecule has 7 heteroatoms. The summed E-state index contributed by atoms with van der Waals surface area (Å²) < 4.78 is 7.74. The molecule has 0 N–H and O–H groups in total. The summed E-state index contributed by atoms with van der Waals surface area (Å²) in [6.45, 7) is 6.51. The number of ether oxygens (including phenoxy) is 1. The Balaban J connectivity index is 1.68. The predicted octanol–water partition coefficient (Wildman–Crippen LogP) is 5.62. The van der Waals surface area contributed by atoms with E-state index in [1.165, 1.54) is 6.07 Å². The molecule has 0 saturated heterocycles. The van der Waals surface area contributed by atoms with Crippen molar-refractivity contribution in [1.82, 2.24) is 9.55 Å². The first kappa shape index (κ1) is 22.0. The molecule has 3 atom stereocenters. The van der Waals surface area contributed by atoms with Crippen molar-refractivity contribution < 1.29 is 14.5 Å². The fourth-order valence-corrected chi connectivity index (χ4v) is 4.85. The van der Waals surface area contributed by atoms with E-state index in [1.54, 1.807) is 22.8 Å². The Kier molecular flexibility index (Phi) is 6.26. The molecule has 7 nitrogen and oxygen atoms in total. The van der Waals surface area contributed by atoms with Gasteiger partial charge in [0.05, 0.1) is 21.5 Å². The van der Waals surface area contributed by atoms with Gasteiger partial charge in [0.15, 0.2) is 0 Å². The maximum absolute atomic E-state index is 13.1. The van der Waals surface area contributed by atoms with Gasteiger partial charge in [-0.3, -0.25) is 14.9 Å². The zero-order valence-electron chi connectivity index (χ0n) is 18.7. The third kappa shape index (κ3) is 4.38. The van der Waals surface area contributed by atoms with Crippen LogP contribution in [0.2, 0.25) is 0 Å². The molecule has 1 saturated carbocycles. The number of nitro benzene ring substituents is 1. The van der Waals surface area contributed by atoms with E-state index >= 15 is 0 Å². The van der Waals surface area contributed by atoms with Crippen LogP contribution < -0.4 is 0 Å². The molecule has 2 aromatic carbocycles.